The van der Waals surface area contributed by atoms with Crippen LogP contribution in [0.5, 0.6) is 0 Å². The van der Waals surface area contributed by atoms with Crippen molar-refractivity contribution in [1.82, 2.24) is 14.9 Å². The standard InChI is InChI=1S/C14H21N3O2/c1-8(2)17-10-3-4-11(17)6-9(5-10)13-15-7-12(16-13)14(18)19/h7-11H,3-6H2,1-2H3,(H,15,16)(H,18,19). The molecule has 0 spiro atoms. The fourth-order valence-corrected chi connectivity index (χ4v) is 3.93. The SMILES string of the molecule is CC(C)N1C2CCC1CC(c1ncc(C(=O)O)[nH]1)C2. The molecule has 0 radical (unpaired) electrons. The molecule has 0 saturated carbocycles. The number of aromatic amines is 1. The van der Waals surface area contributed by atoms with E-state index in [1.54, 1.807) is 0 Å². The van der Waals surface area contributed by atoms with E-state index < -0.39 is 5.97 Å². The van der Waals surface area contributed by atoms with Crippen LogP contribution in [0.3, 0.4) is 0 Å². The van der Waals surface area contributed by atoms with Gasteiger partial charge in [0.1, 0.15) is 11.5 Å². The number of carbonyl (C=O) groups is 1. The number of imidazole rings is 1. The monoisotopic (exact) mass is 263 g/mol. The van der Waals surface area contributed by atoms with Gasteiger partial charge in [-0.15, -0.1) is 0 Å². The topological polar surface area (TPSA) is 69.2 Å². The van der Waals surface area contributed by atoms with Crippen LogP contribution >= 0.6 is 0 Å². The summed E-state index contributed by atoms with van der Waals surface area (Å²) in [5.74, 6) is 0.319. The number of hydrogen-bond donors (Lipinski definition) is 2. The maximum Gasteiger partial charge on any atom is 0.353 e. The van der Waals surface area contributed by atoms with Crippen molar-refractivity contribution in [1.29, 1.82) is 0 Å². The molecule has 2 N–H and O–H groups in total. The number of nitrogens with one attached hydrogen (secondary N) is 1. The molecule has 1 aromatic heterocycles. The molecular formula is C14H21N3O2. The lowest BCUT2D eigenvalue weighted by molar-refractivity contribution is 0.0690. The van der Waals surface area contributed by atoms with Crippen LogP contribution in [0.25, 0.3) is 0 Å². The zero-order valence-electron chi connectivity index (χ0n) is 11.5. The molecule has 19 heavy (non-hydrogen) atoms. The van der Waals surface area contributed by atoms with Gasteiger partial charge >= 0.3 is 5.97 Å². The summed E-state index contributed by atoms with van der Waals surface area (Å²) in [5, 5.41) is 8.95. The highest BCUT2D eigenvalue weighted by molar-refractivity contribution is 5.85. The fraction of sp³-hybridized carbons (Fsp3) is 0.714. The molecular weight excluding hydrogens is 242 g/mol. The van der Waals surface area contributed by atoms with Gasteiger partial charge in [0, 0.05) is 24.0 Å². The third kappa shape index (κ3) is 2.16. The Labute approximate surface area is 113 Å². The van der Waals surface area contributed by atoms with Crippen molar-refractivity contribution < 1.29 is 9.90 Å². The highest BCUT2D eigenvalue weighted by Gasteiger charge is 2.42. The Morgan fingerprint density at radius 3 is 2.53 bits per heavy atom. The van der Waals surface area contributed by atoms with E-state index in [0.29, 0.717) is 24.0 Å². The van der Waals surface area contributed by atoms with Gasteiger partial charge in [-0.2, -0.15) is 0 Å². The lowest BCUT2D eigenvalue weighted by Crippen LogP contribution is -2.46. The average molecular weight is 263 g/mol. The van der Waals surface area contributed by atoms with Crippen molar-refractivity contribution in [3.63, 3.8) is 0 Å². The molecule has 2 atom stereocenters. The van der Waals surface area contributed by atoms with Crippen LogP contribution in [-0.4, -0.2) is 44.1 Å². The summed E-state index contributed by atoms with van der Waals surface area (Å²) in [6, 6.07) is 1.88. The summed E-state index contributed by atoms with van der Waals surface area (Å²) in [6.45, 7) is 4.53. The van der Waals surface area contributed by atoms with E-state index in [0.717, 1.165) is 18.7 Å². The zero-order valence-corrected chi connectivity index (χ0v) is 11.5. The Bertz CT molecular complexity index is 469. The predicted octanol–water partition coefficient (Wildman–Crippen LogP) is 2.23. The van der Waals surface area contributed by atoms with Gasteiger partial charge < -0.3 is 10.1 Å². The van der Waals surface area contributed by atoms with Gasteiger partial charge in [-0.3, -0.25) is 4.90 Å². The second kappa shape index (κ2) is 4.63. The van der Waals surface area contributed by atoms with Crippen LogP contribution in [-0.2, 0) is 0 Å². The van der Waals surface area contributed by atoms with Gasteiger partial charge in [0.2, 0.25) is 0 Å². The second-order valence-corrected chi connectivity index (χ2v) is 6.08. The van der Waals surface area contributed by atoms with E-state index in [4.69, 9.17) is 5.11 Å². The number of fused-ring (bicyclic) bond motifs is 2. The largest absolute Gasteiger partial charge is 0.477 e. The van der Waals surface area contributed by atoms with Crippen LogP contribution in [0.1, 0.15) is 61.8 Å². The van der Waals surface area contributed by atoms with Gasteiger partial charge in [0.25, 0.3) is 0 Å². The molecule has 2 saturated heterocycles. The van der Waals surface area contributed by atoms with E-state index in [1.165, 1.54) is 19.0 Å². The van der Waals surface area contributed by atoms with E-state index in [9.17, 15) is 4.79 Å². The van der Waals surface area contributed by atoms with Crippen molar-refractivity contribution >= 4 is 5.97 Å². The number of aromatic carboxylic acids is 1. The predicted molar refractivity (Wildman–Crippen MR) is 71.3 cm³/mol. The van der Waals surface area contributed by atoms with E-state index in [-0.39, 0.29) is 5.69 Å². The maximum atomic E-state index is 10.9. The first-order valence-corrected chi connectivity index (χ1v) is 7.12. The van der Waals surface area contributed by atoms with Crippen molar-refractivity contribution in [3.8, 4) is 0 Å². The lowest BCUT2D eigenvalue weighted by Gasteiger charge is -2.41. The smallest absolute Gasteiger partial charge is 0.353 e. The van der Waals surface area contributed by atoms with Gasteiger partial charge in [-0.25, -0.2) is 9.78 Å². The second-order valence-electron chi connectivity index (χ2n) is 6.08. The molecule has 5 nitrogen and oxygen atoms in total. The number of nitrogens with zero attached hydrogens (tertiary/aromatic N) is 2. The molecule has 2 aliphatic heterocycles. The highest BCUT2D eigenvalue weighted by atomic mass is 16.4. The van der Waals surface area contributed by atoms with E-state index >= 15 is 0 Å². The number of carboxylic acid groups (broad SMARTS) is 1. The first kappa shape index (κ1) is 12.7. The molecule has 2 bridgehead atoms. The quantitative estimate of drug-likeness (QED) is 0.877. The minimum atomic E-state index is -0.929. The zero-order chi connectivity index (χ0) is 13.6. The summed E-state index contributed by atoms with van der Waals surface area (Å²) in [5.41, 5.74) is 0.202. The van der Waals surface area contributed by atoms with Crippen LogP contribution in [0.4, 0.5) is 0 Å². The van der Waals surface area contributed by atoms with Gasteiger partial charge in [0.05, 0.1) is 6.20 Å². The molecule has 2 fully saturated rings. The summed E-state index contributed by atoms with van der Waals surface area (Å²) in [4.78, 5) is 20.8. The van der Waals surface area contributed by atoms with Crippen LogP contribution < -0.4 is 0 Å². The molecule has 1 aromatic rings. The number of carboxylic acids is 1. The maximum absolute atomic E-state index is 10.9. The third-order valence-corrected chi connectivity index (χ3v) is 4.60. The third-order valence-electron chi connectivity index (χ3n) is 4.60. The van der Waals surface area contributed by atoms with Crippen LogP contribution in [0.2, 0.25) is 0 Å². The first-order valence-electron chi connectivity index (χ1n) is 7.12. The fourth-order valence-electron chi connectivity index (χ4n) is 3.93. The van der Waals surface area contributed by atoms with Gasteiger partial charge in [-0.1, -0.05) is 0 Å². The van der Waals surface area contributed by atoms with E-state index in [1.807, 2.05) is 0 Å². The molecule has 0 aromatic carbocycles. The summed E-state index contributed by atoms with van der Waals surface area (Å²) in [6.07, 6.45) is 6.18. The Kier molecular flexibility index (Phi) is 3.09. The van der Waals surface area contributed by atoms with E-state index in [2.05, 4.69) is 28.7 Å². The normalized spacial score (nSPS) is 31.0. The molecule has 5 heteroatoms. The van der Waals surface area contributed by atoms with Gasteiger partial charge in [0.15, 0.2) is 0 Å². The number of piperidine rings is 1. The van der Waals surface area contributed by atoms with Crippen molar-refractivity contribution in [2.24, 2.45) is 0 Å². The lowest BCUT2D eigenvalue weighted by atomic mass is 9.89. The molecule has 3 rings (SSSR count). The number of hydrogen-bond acceptors (Lipinski definition) is 3. The highest BCUT2D eigenvalue weighted by Crippen LogP contribution is 2.43. The Balaban J connectivity index is 1.76. The van der Waals surface area contributed by atoms with Crippen LogP contribution in [0, 0.1) is 0 Å². The minimum absolute atomic E-state index is 0.202. The number of rotatable bonds is 3. The Morgan fingerprint density at radius 1 is 1.42 bits per heavy atom. The Morgan fingerprint density at radius 2 is 2.05 bits per heavy atom. The van der Waals surface area contributed by atoms with Crippen molar-refractivity contribution in [2.45, 2.75) is 63.6 Å². The van der Waals surface area contributed by atoms with Crippen molar-refractivity contribution in [2.75, 3.05) is 0 Å². The summed E-state index contributed by atoms with van der Waals surface area (Å²) < 4.78 is 0. The average Bonchev–Trinajstić information content (AvgIpc) is 2.93. The Hall–Kier alpha value is -1.36. The molecule has 2 unspecified atom stereocenters. The molecule has 0 amide bonds. The first-order chi connectivity index (χ1) is 9.06. The summed E-state index contributed by atoms with van der Waals surface area (Å²) in [7, 11) is 0. The molecule has 2 aliphatic rings. The summed E-state index contributed by atoms with van der Waals surface area (Å²) >= 11 is 0. The van der Waals surface area contributed by atoms with Crippen LogP contribution in [0.15, 0.2) is 6.20 Å². The van der Waals surface area contributed by atoms with Crippen molar-refractivity contribution in [3.05, 3.63) is 17.7 Å². The minimum Gasteiger partial charge on any atom is -0.477 e. The molecule has 104 valence electrons. The number of aromatic nitrogens is 2. The molecule has 3 heterocycles. The number of H-pyrrole nitrogens is 1. The molecule has 0 aliphatic carbocycles. The van der Waals surface area contributed by atoms with Gasteiger partial charge in [-0.05, 0) is 39.5 Å².